The Kier molecular flexibility index (Phi) is 3.10. The van der Waals surface area contributed by atoms with E-state index >= 15 is 0 Å². The molecule has 2 aromatic rings. The maximum Gasteiger partial charge on any atom is 0.147 e. The highest BCUT2D eigenvalue weighted by atomic mass is 79.9. The molecular formula is C12H12BrN3. The Bertz CT molecular complexity index is 497. The first-order chi connectivity index (χ1) is 7.66. The molecule has 1 heterocycles. The number of nitrogens with two attached hydrogens (primary N) is 1. The minimum atomic E-state index is 0.504. The Balaban J connectivity index is 2.32. The van der Waals surface area contributed by atoms with Crippen molar-refractivity contribution in [3.63, 3.8) is 0 Å². The molecule has 16 heavy (non-hydrogen) atoms. The highest BCUT2D eigenvalue weighted by molar-refractivity contribution is 9.10. The summed E-state index contributed by atoms with van der Waals surface area (Å²) in [5, 5.41) is 3.22. The third-order valence-electron chi connectivity index (χ3n) is 2.23. The number of rotatable bonds is 2. The van der Waals surface area contributed by atoms with Crippen LogP contribution in [-0.4, -0.2) is 4.98 Å². The first-order valence-electron chi connectivity index (χ1n) is 4.91. The molecule has 1 aromatic carbocycles. The average molecular weight is 278 g/mol. The highest BCUT2D eigenvalue weighted by Crippen LogP contribution is 2.26. The molecule has 3 nitrogen and oxygen atoms in total. The second-order valence-corrected chi connectivity index (χ2v) is 4.33. The van der Waals surface area contributed by atoms with Crippen LogP contribution in [0.2, 0.25) is 0 Å². The zero-order valence-corrected chi connectivity index (χ0v) is 10.5. The molecule has 0 amide bonds. The quantitative estimate of drug-likeness (QED) is 0.884. The standard InChI is InChI=1S/C12H12BrN3/c1-8-10(13)7-11(12(14)15-8)16-9-5-3-2-4-6-9/h2-7,16H,1H3,(H2,14,15). The van der Waals surface area contributed by atoms with Gasteiger partial charge in [-0.05, 0) is 41.1 Å². The Morgan fingerprint density at radius 2 is 1.94 bits per heavy atom. The molecule has 0 fully saturated rings. The van der Waals surface area contributed by atoms with Crippen LogP contribution in [0.15, 0.2) is 40.9 Å². The van der Waals surface area contributed by atoms with Crippen molar-refractivity contribution in [2.75, 3.05) is 11.1 Å². The number of para-hydroxylation sites is 1. The largest absolute Gasteiger partial charge is 0.382 e. The third-order valence-corrected chi connectivity index (χ3v) is 3.04. The van der Waals surface area contributed by atoms with Crippen LogP contribution >= 0.6 is 15.9 Å². The van der Waals surface area contributed by atoms with Gasteiger partial charge in [0, 0.05) is 10.2 Å². The van der Waals surface area contributed by atoms with Gasteiger partial charge in [-0.2, -0.15) is 0 Å². The van der Waals surface area contributed by atoms with E-state index in [2.05, 4.69) is 26.2 Å². The molecule has 1 aromatic heterocycles. The summed E-state index contributed by atoms with van der Waals surface area (Å²) in [6.45, 7) is 1.91. The molecule has 82 valence electrons. The van der Waals surface area contributed by atoms with Crippen molar-refractivity contribution in [2.45, 2.75) is 6.92 Å². The van der Waals surface area contributed by atoms with Crippen molar-refractivity contribution in [2.24, 2.45) is 0 Å². The monoisotopic (exact) mass is 277 g/mol. The number of nitrogen functional groups attached to an aromatic ring is 1. The first-order valence-corrected chi connectivity index (χ1v) is 5.71. The lowest BCUT2D eigenvalue weighted by atomic mass is 10.3. The van der Waals surface area contributed by atoms with Crippen molar-refractivity contribution >= 4 is 33.1 Å². The van der Waals surface area contributed by atoms with Crippen LogP contribution in [-0.2, 0) is 0 Å². The molecule has 0 bridgehead atoms. The minimum Gasteiger partial charge on any atom is -0.382 e. The van der Waals surface area contributed by atoms with E-state index in [0.29, 0.717) is 5.82 Å². The van der Waals surface area contributed by atoms with E-state index in [4.69, 9.17) is 5.73 Å². The number of benzene rings is 1. The van der Waals surface area contributed by atoms with E-state index in [0.717, 1.165) is 21.5 Å². The Morgan fingerprint density at radius 3 is 2.62 bits per heavy atom. The zero-order valence-electron chi connectivity index (χ0n) is 8.87. The molecular weight excluding hydrogens is 266 g/mol. The van der Waals surface area contributed by atoms with Crippen molar-refractivity contribution in [1.82, 2.24) is 4.98 Å². The second kappa shape index (κ2) is 4.53. The fourth-order valence-corrected chi connectivity index (χ4v) is 1.69. The molecule has 0 aliphatic carbocycles. The highest BCUT2D eigenvalue weighted by Gasteiger charge is 2.04. The number of nitrogens with zero attached hydrogens (tertiary/aromatic N) is 1. The van der Waals surface area contributed by atoms with Crippen LogP contribution in [0.4, 0.5) is 17.2 Å². The molecule has 0 aliphatic rings. The van der Waals surface area contributed by atoms with Gasteiger partial charge in [0.25, 0.3) is 0 Å². The maximum absolute atomic E-state index is 5.84. The number of hydrogen-bond acceptors (Lipinski definition) is 3. The fourth-order valence-electron chi connectivity index (χ4n) is 1.38. The van der Waals surface area contributed by atoms with Gasteiger partial charge < -0.3 is 11.1 Å². The lowest BCUT2D eigenvalue weighted by Gasteiger charge is -2.10. The van der Waals surface area contributed by atoms with E-state index in [9.17, 15) is 0 Å². The Hall–Kier alpha value is -1.55. The summed E-state index contributed by atoms with van der Waals surface area (Å²) in [5.74, 6) is 0.504. The summed E-state index contributed by atoms with van der Waals surface area (Å²) in [4.78, 5) is 4.24. The minimum absolute atomic E-state index is 0.504. The van der Waals surface area contributed by atoms with E-state index in [-0.39, 0.29) is 0 Å². The number of pyridine rings is 1. The average Bonchev–Trinajstić information content (AvgIpc) is 2.27. The van der Waals surface area contributed by atoms with Crippen molar-refractivity contribution in [1.29, 1.82) is 0 Å². The topological polar surface area (TPSA) is 50.9 Å². The summed E-state index contributed by atoms with van der Waals surface area (Å²) in [6, 6.07) is 11.8. The number of nitrogens with one attached hydrogen (secondary N) is 1. The molecule has 0 spiro atoms. The van der Waals surface area contributed by atoms with E-state index < -0.39 is 0 Å². The lowest BCUT2D eigenvalue weighted by molar-refractivity contribution is 1.19. The van der Waals surface area contributed by atoms with Crippen LogP contribution in [0.25, 0.3) is 0 Å². The van der Waals surface area contributed by atoms with Crippen LogP contribution in [0.1, 0.15) is 5.69 Å². The van der Waals surface area contributed by atoms with Crippen LogP contribution in [0.5, 0.6) is 0 Å². The van der Waals surface area contributed by atoms with Crippen molar-refractivity contribution in [3.05, 3.63) is 46.6 Å². The number of hydrogen-bond donors (Lipinski definition) is 2. The van der Waals surface area contributed by atoms with Crippen molar-refractivity contribution < 1.29 is 0 Å². The summed E-state index contributed by atoms with van der Waals surface area (Å²) >= 11 is 3.44. The van der Waals surface area contributed by atoms with Gasteiger partial charge in [-0.1, -0.05) is 18.2 Å². The summed E-state index contributed by atoms with van der Waals surface area (Å²) in [7, 11) is 0. The number of anilines is 3. The van der Waals surface area contributed by atoms with Crippen LogP contribution < -0.4 is 11.1 Å². The molecule has 2 rings (SSSR count). The lowest BCUT2D eigenvalue weighted by Crippen LogP contribution is -2.00. The molecule has 0 saturated heterocycles. The molecule has 3 N–H and O–H groups in total. The van der Waals surface area contributed by atoms with Crippen LogP contribution in [0, 0.1) is 6.92 Å². The van der Waals surface area contributed by atoms with Gasteiger partial charge in [0.2, 0.25) is 0 Å². The SMILES string of the molecule is Cc1nc(N)c(Nc2ccccc2)cc1Br. The number of aryl methyl sites for hydroxylation is 1. The van der Waals surface area contributed by atoms with Gasteiger partial charge in [-0.15, -0.1) is 0 Å². The molecule has 0 aliphatic heterocycles. The molecule has 4 heteroatoms. The fraction of sp³-hybridized carbons (Fsp3) is 0.0833. The van der Waals surface area contributed by atoms with Gasteiger partial charge in [-0.25, -0.2) is 4.98 Å². The molecule has 0 unspecified atom stereocenters. The summed E-state index contributed by atoms with van der Waals surface area (Å²) < 4.78 is 0.945. The summed E-state index contributed by atoms with van der Waals surface area (Å²) in [5.41, 5.74) is 8.53. The zero-order chi connectivity index (χ0) is 11.5. The first kappa shape index (κ1) is 11.0. The van der Waals surface area contributed by atoms with Gasteiger partial charge in [0.05, 0.1) is 11.4 Å². The van der Waals surface area contributed by atoms with Gasteiger partial charge in [0.15, 0.2) is 0 Å². The smallest absolute Gasteiger partial charge is 0.147 e. The van der Waals surface area contributed by atoms with Gasteiger partial charge in [0.1, 0.15) is 5.82 Å². The Labute approximate surface area is 103 Å². The van der Waals surface area contributed by atoms with Gasteiger partial charge >= 0.3 is 0 Å². The second-order valence-electron chi connectivity index (χ2n) is 3.48. The van der Waals surface area contributed by atoms with E-state index in [1.807, 2.05) is 43.3 Å². The van der Waals surface area contributed by atoms with Crippen molar-refractivity contribution in [3.8, 4) is 0 Å². The molecule has 0 saturated carbocycles. The van der Waals surface area contributed by atoms with E-state index in [1.165, 1.54) is 0 Å². The van der Waals surface area contributed by atoms with E-state index in [1.54, 1.807) is 0 Å². The number of aromatic nitrogens is 1. The van der Waals surface area contributed by atoms with Crippen LogP contribution in [0.3, 0.4) is 0 Å². The number of halogens is 1. The van der Waals surface area contributed by atoms with Gasteiger partial charge in [-0.3, -0.25) is 0 Å². The predicted octanol–water partition coefficient (Wildman–Crippen LogP) is 3.48. The Morgan fingerprint density at radius 1 is 1.25 bits per heavy atom. The maximum atomic E-state index is 5.84. The summed E-state index contributed by atoms with van der Waals surface area (Å²) in [6.07, 6.45) is 0. The molecule has 0 radical (unpaired) electrons. The molecule has 0 atom stereocenters. The normalized spacial score (nSPS) is 10.1. The third kappa shape index (κ3) is 2.33. The predicted molar refractivity (Wildman–Crippen MR) is 70.8 cm³/mol.